The van der Waals surface area contributed by atoms with Crippen LogP contribution < -0.4 is 0 Å². The first-order chi connectivity index (χ1) is 6.12. The summed E-state index contributed by atoms with van der Waals surface area (Å²) in [7, 11) is 0. The van der Waals surface area contributed by atoms with Gasteiger partial charge in [-0.25, -0.2) is 0 Å². The summed E-state index contributed by atoms with van der Waals surface area (Å²) in [5.74, 6) is 0. The van der Waals surface area contributed by atoms with Gasteiger partial charge < -0.3 is 19.3 Å². The lowest BCUT2D eigenvalue weighted by atomic mass is 9.97. The summed E-state index contributed by atoms with van der Waals surface area (Å²) in [6.45, 7) is 4.73. The van der Waals surface area contributed by atoms with Crippen molar-refractivity contribution in [2.45, 2.75) is 44.2 Å². The Morgan fingerprint density at radius 1 is 1.54 bits per heavy atom. The average molecular weight is 188 g/mol. The van der Waals surface area contributed by atoms with E-state index in [2.05, 4.69) is 0 Å². The molecule has 4 nitrogen and oxygen atoms in total. The van der Waals surface area contributed by atoms with Crippen LogP contribution in [0.5, 0.6) is 0 Å². The van der Waals surface area contributed by atoms with Crippen molar-refractivity contribution in [2.75, 3.05) is 13.4 Å². The van der Waals surface area contributed by atoms with Gasteiger partial charge in [-0.15, -0.1) is 0 Å². The molecule has 0 aliphatic carbocycles. The Morgan fingerprint density at radius 2 is 2.23 bits per heavy atom. The van der Waals surface area contributed by atoms with Crippen molar-refractivity contribution >= 4 is 0 Å². The molecule has 2 fully saturated rings. The monoisotopic (exact) mass is 188 g/mol. The zero-order valence-electron chi connectivity index (χ0n) is 8.03. The minimum absolute atomic E-state index is 0.0943. The first-order valence-corrected chi connectivity index (χ1v) is 4.67. The van der Waals surface area contributed by atoms with Crippen LogP contribution in [0.4, 0.5) is 0 Å². The third kappa shape index (κ3) is 1.86. The van der Waals surface area contributed by atoms with Gasteiger partial charge in [0.05, 0.1) is 24.4 Å². The molecule has 2 rings (SSSR count). The standard InChI is InChI=1S/C9H16O4/c1-6-9(2,13-6)3-8-7(10)4-11-5-12-8/h6-8,10H,3-5H2,1-2H3. The lowest BCUT2D eigenvalue weighted by molar-refractivity contribution is -0.198. The van der Waals surface area contributed by atoms with Crippen molar-refractivity contribution in [3.8, 4) is 0 Å². The largest absolute Gasteiger partial charge is 0.388 e. The SMILES string of the molecule is CC1OC1(C)CC1OCOCC1O. The van der Waals surface area contributed by atoms with Gasteiger partial charge in [-0.2, -0.15) is 0 Å². The number of hydrogen-bond acceptors (Lipinski definition) is 4. The van der Waals surface area contributed by atoms with Gasteiger partial charge in [-0.3, -0.25) is 0 Å². The summed E-state index contributed by atoms with van der Waals surface area (Å²) in [4.78, 5) is 0. The van der Waals surface area contributed by atoms with Gasteiger partial charge in [0.1, 0.15) is 12.9 Å². The number of aliphatic hydroxyl groups excluding tert-OH is 1. The van der Waals surface area contributed by atoms with Crippen LogP contribution in [0.2, 0.25) is 0 Å². The maximum absolute atomic E-state index is 9.54. The summed E-state index contributed by atoms with van der Waals surface area (Å²) in [6.07, 6.45) is 0.385. The number of rotatable bonds is 2. The fraction of sp³-hybridized carbons (Fsp3) is 1.00. The van der Waals surface area contributed by atoms with Crippen molar-refractivity contribution < 1.29 is 19.3 Å². The highest BCUT2D eigenvalue weighted by Crippen LogP contribution is 2.41. The van der Waals surface area contributed by atoms with Crippen molar-refractivity contribution in [3.63, 3.8) is 0 Å². The van der Waals surface area contributed by atoms with E-state index in [1.165, 1.54) is 0 Å². The highest BCUT2D eigenvalue weighted by Gasteiger charge is 2.51. The quantitative estimate of drug-likeness (QED) is 0.633. The molecule has 0 aromatic rings. The summed E-state index contributed by atoms with van der Waals surface area (Å²) >= 11 is 0. The zero-order chi connectivity index (χ0) is 9.47. The Labute approximate surface area is 77.8 Å². The van der Waals surface area contributed by atoms with Crippen molar-refractivity contribution in [3.05, 3.63) is 0 Å². The molecule has 2 aliphatic rings. The summed E-state index contributed by atoms with van der Waals surface area (Å²) in [6, 6.07) is 0. The van der Waals surface area contributed by atoms with Gasteiger partial charge in [-0.05, 0) is 13.8 Å². The van der Waals surface area contributed by atoms with Crippen LogP contribution in [-0.2, 0) is 14.2 Å². The Balaban J connectivity index is 1.86. The summed E-state index contributed by atoms with van der Waals surface area (Å²) in [5, 5.41) is 9.54. The van der Waals surface area contributed by atoms with Gasteiger partial charge in [0, 0.05) is 6.42 Å². The zero-order valence-corrected chi connectivity index (χ0v) is 8.03. The number of hydrogen-bond donors (Lipinski definition) is 1. The molecule has 0 bridgehead atoms. The second-order valence-corrected chi connectivity index (χ2v) is 4.04. The molecule has 4 unspecified atom stereocenters. The minimum atomic E-state index is -0.512. The molecule has 0 amide bonds. The highest BCUT2D eigenvalue weighted by molar-refractivity contribution is 4.99. The van der Waals surface area contributed by atoms with E-state index in [1.807, 2.05) is 13.8 Å². The third-order valence-electron chi connectivity index (χ3n) is 2.94. The minimum Gasteiger partial charge on any atom is -0.388 e. The van der Waals surface area contributed by atoms with E-state index < -0.39 is 6.10 Å². The molecule has 2 heterocycles. The molecule has 13 heavy (non-hydrogen) atoms. The lowest BCUT2D eigenvalue weighted by Crippen LogP contribution is -2.41. The van der Waals surface area contributed by atoms with E-state index in [0.717, 1.165) is 6.42 Å². The van der Waals surface area contributed by atoms with Crippen LogP contribution >= 0.6 is 0 Å². The average Bonchev–Trinajstić information content (AvgIpc) is 2.65. The number of aliphatic hydroxyl groups is 1. The smallest absolute Gasteiger partial charge is 0.147 e. The molecule has 2 aliphatic heterocycles. The van der Waals surface area contributed by atoms with Crippen LogP contribution in [0, 0.1) is 0 Å². The van der Waals surface area contributed by atoms with Crippen LogP contribution in [0.15, 0.2) is 0 Å². The fourth-order valence-corrected chi connectivity index (χ4v) is 1.70. The maximum atomic E-state index is 9.54. The molecule has 4 atom stereocenters. The van der Waals surface area contributed by atoms with E-state index in [1.54, 1.807) is 0 Å². The molecule has 0 aromatic heterocycles. The van der Waals surface area contributed by atoms with Gasteiger partial charge in [0.25, 0.3) is 0 Å². The van der Waals surface area contributed by atoms with Crippen molar-refractivity contribution in [1.82, 2.24) is 0 Å². The van der Waals surface area contributed by atoms with E-state index in [-0.39, 0.29) is 24.6 Å². The van der Waals surface area contributed by atoms with Crippen LogP contribution in [0.3, 0.4) is 0 Å². The van der Waals surface area contributed by atoms with E-state index in [0.29, 0.717) is 6.61 Å². The number of ether oxygens (including phenoxy) is 3. The van der Waals surface area contributed by atoms with Crippen molar-refractivity contribution in [1.29, 1.82) is 0 Å². The van der Waals surface area contributed by atoms with Gasteiger partial charge in [0.2, 0.25) is 0 Å². The molecule has 4 heteroatoms. The van der Waals surface area contributed by atoms with Gasteiger partial charge >= 0.3 is 0 Å². The Kier molecular flexibility index (Phi) is 2.32. The summed E-state index contributed by atoms with van der Waals surface area (Å²) in [5.41, 5.74) is -0.0943. The molecule has 0 radical (unpaired) electrons. The first kappa shape index (κ1) is 9.40. The molecule has 2 saturated heterocycles. The summed E-state index contributed by atoms with van der Waals surface area (Å²) < 4.78 is 15.7. The van der Waals surface area contributed by atoms with Gasteiger partial charge in [-0.1, -0.05) is 0 Å². The van der Waals surface area contributed by atoms with Crippen LogP contribution in [0.25, 0.3) is 0 Å². The van der Waals surface area contributed by atoms with Gasteiger partial charge in [0.15, 0.2) is 0 Å². The van der Waals surface area contributed by atoms with Crippen LogP contribution in [-0.4, -0.2) is 42.4 Å². The first-order valence-electron chi connectivity index (χ1n) is 4.67. The van der Waals surface area contributed by atoms with E-state index in [4.69, 9.17) is 14.2 Å². The maximum Gasteiger partial charge on any atom is 0.147 e. The molecular weight excluding hydrogens is 172 g/mol. The molecule has 0 aromatic carbocycles. The van der Waals surface area contributed by atoms with Crippen LogP contribution in [0.1, 0.15) is 20.3 Å². The Morgan fingerprint density at radius 3 is 2.77 bits per heavy atom. The van der Waals surface area contributed by atoms with Crippen molar-refractivity contribution in [2.24, 2.45) is 0 Å². The molecule has 1 N–H and O–H groups in total. The predicted molar refractivity (Wildman–Crippen MR) is 45.3 cm³/mol. The molecule has 0 saturated carbocycles. The normalized spacial score (nSPS) is 50.5. The fourth-order valence-electron chi connectivity index (χ4n) is 1.70. The number of epoxide rings is 1. The molecule has 0 spiro atoms. The highest BCUT2D eigenvalue weighted by atomic mass is 16.7. The lowest BCUT2D eigenvalue weighted by Gasteiger charge is -2.29. The Bertz CT molecular complexity index is 196. The second kappa shape index (κ2) is 3.20. The topological polar surface area (TPSA) is 51.2 Å². The van der Waals surface area contributed by atoms with E-state index >= 15 is 0 Å². The molecular formula is C9H16O4. The van der Waals surface area contributed by atoms with E-state index in [9.17, 15) is 5.11 Å². The predicted octanol–water partition coefficient (Wildman–Crippen LogP) is 0.288. The third-order valence-corrected chi connectivity index (χ3v) is 2.94. The molecule has 76 valence electrons. The Hall–Kier alpha value is -0.160. The second-order valence-electron chi connectivity index (χ2n) is 4.04.